The van der Waals surface area contributed by atoms with Gasteiger partial charge in [0.1, 0.15) is 11.8 Å². The Bertz CT molecular complexity index is 981. The Morgan fingerprint density at radius 3 is 2.39 bits per heavy atom. The molecule has 0 saturated carbocycles. The van der Waals surface area contributed by atoms with Crippen LogP contribution in [0.2, 0.25) is 5.02 Å². The maximum absolute atomic E-state index is 13.1. The lowest BCUT2D eigenvalue weighted by atomic mass is 10.1. The van der Waals surface area contributed by atoms with E-state index in [2.05, 4.69) is 5.32 Å². The molecule has 0 spiro atoms. The first-order valence-electron chi connectivity index (χ1n) is 10.4. The summed E-state index contributed by atoms with van der Waals surface area (Å²) in [5, 5.41) is 14.5. The van der Waals surface area contributed by atoms with Gasteiger partial charge in [-0.25, -0.2) is 0 Å². The fourth-order valence-electron chi connectivity index (χ4n) is 2.95. The van der Waals surface area contributed by atoms with Crippen LogP contribution in [0.3, 0.4) is 0 Å². The summed E-state index contributed by atoms with van der Waals surface area (Å²) < 4.78 is 10.6. The summed E-state index contributed by atoms with van der Waals surface area (Å²) in [7, 11) is 1.31. The first-order chi connectivity index (χ1) is 15.6. The highest BCUT2D eigenvalue weighted by Gasteiger charge is 2.27. The van der Waals surface area contributed by atoms with Crippen molar-refractivity contribution >= 4 is 29.1 Å². The zero-order valence-electron chi connectivity index (χ0n) is 19.0. The standard InChI is InChI=1S/C23H28ClN3O6/c1-15(2)12-25-23(29)16(3)26(13-17-5-7-18(24)8-6-17)22(28)14-33-19-9-10-20(27(30)31)21(11-19)32-4/h5-11,15-16H,12-14H2,1-4H3,(H,25,29)/t16-/m1/s1. The molecule has 0 radical (unpaired) electrons. The molecule has 0 bridgehead atoms. The highest BCUT2D eigenvalue weighted by Crippen LogP contribution is 2.30. The van der Waals surface area contributed by atoms with E-state index in [1.165, 1.54) is 30.2 Å². The van der Waals surface area contributed by atoms with Gasteiger partial charge in [0, 0.05) is 30.2 Å². The molecule has 0 aliphatic heterocycles. The third-order valence-electron chi connectivity index (χ3n) is 4.83. The van der Waals surface area contributed by atoms with Crippen LogP contribution < -0.4 is 14.8 Å². The lowest BCUT2D eigenvalue weighted by molar-refractivity contribution is -0.385. The molecule has 0 aliphatic rings. The van der Waals surface area contributed by atoms with Crippen molar-refractivity contribution in [3.63, 3.8) is 0 Å². The molecular weight excluding hydrogens is 450 g/mol. The number of hydrogen-bond acceptors (Lipinski definition) is 6. The highest BCUT2D eigenvalue weighted by atomic mass is 35.5. The van der Waals surface area contributed by atoms with Gasteiger partial charge in [-0.2, -0.15) is 0 Å². The minimum absolute atomic E-state index is 0.0180. The molecular formula is C23H28ClN3O6. The molecule has 2 aromatic rings. The molecule has 0 aromatic heterocycles. The predicted octanol–water partition coefficient (Wildman–Crippen LogP) is 3.83. The monoisotopic (exact) mass is 477 g/mol. The summed E-state index contributed by atoms with van der Waals surface area (Å²) in [5.74, 6) is -0.182. The largest absolute Gasteiger partial charge is 0.490 e. The lowest BCUT2D eigenvalue weighted by Gasteiger charge is -2.29. The van der Waals surface area contributed by atoms with Crippen LogP contribution >= 0.6 is 11.6 Å². The van der Waals surface area contributed by atoms with Crippen molar-refractivity contribution in [1.29, 1.82) is 0 Å². The second kappa shape index (κ2) is 12.1. The minimum atomic E-state index is -0.748. The molecule has 0 aliphatic carbocycles. The predicted molar refractivity (Wildman–Crippen MR) is 124 cm³/mol. The van der Waals surface area contributed by atoms with Gasteiger partial charge in [0.15, 0.2) is 6.61 Å². The van der Waals surface area contributed by atoms with Crippen molar-refractivity contribution < 1.29 is 24.0 Å². The van der Waals surface area contributed by atoms with Crippen LogP contribution in [0.1, 0.15) is 26.3 Å². The van der Waals surface area contributed by atoms with E-state index >= 15 is 0 Å². The molecule has 0 unspecified atom stereocenters. The van der Waals surface area contributed by atoms with Gasteiger partial charge < -0.3 is 19.7 Å². The molecule has 178 valence electrons. The zero-order valence-corrected chi connectivity index (χ0v) is 19.8. The molecule has 10 heteroatoms. The number of amides is 2. The summed E-state index contributed by atoms with van der Waals surface area (Å²) in [6.07, 6.45) is 0. The molecule has 9 nitrogen and oxygen atoms in total. The van der Waals surface area contributed by atoms with E-state index in [1.54, 1.807) is 31.2 Å². The SMILES string of the molecule is COc1cc(OCC(=O)N(Cc2ccc(Cl)cc2)[C@H](C)C(=O)NCC(C)C)ccc1[N+](=O)[O-]. The van der Waals surface area contributed by atoms with Crippen LogP contribution in [0.5, 0.6) is 11.5 Å². The van der Waals surface area contributed by atoms with Gasteiger partial charge in [-0.05, 0) is 36.6 Å². The summed E-state index contributed by atoms with van der Waals surface area (Å²) in [6.45, 7) is 5.92. The summed E-state index contributed by atoms with van der Waals surface area (Å²) in [5.41, 5.74) is 0.587. The fraction of sp³-hybridized carbons (Fsp3) is 0.391. The van der Waals surface area contributed by atoms with Gasteiger partial charge in [-0.3, -0.25) is 19.7 Å². The van der Waals surface area contributed by atoms with Crippen molar-refractivity contribution in [3.05, 3.63) is 63.2 Å². The van der Waals surface area contributed by atoms with Gasteiger partial charge in [-0.1, -0.05) is 37.6 Å². The average molecular weight is 478 g/mol. The summed E-state index contributed by atoms with van der Waals surface area (Å²) in [6, 6.07) is 10.2. The van der Waals surface area contributed by atoms with E-state index in [4.69, 9.17) is 21.1 Å². The normalized spacial score (nSPS) is 11.6. The second-order valence-electron chi connectivity index (χ2n) is 7.84. The number of carbonyl (C=O) groups is 2. The Morgan fingerprint density at radius 2 is 1.82 bits per heavy atom. The molecule has 0 saturated heterocycles. The molecule has 1 atom stereocenters. The van der Waals surface area contributed by atoms with Crippen LogP contribution in [-0.2, 0) is 16.1 Å². The van der Waals surface area contributed by atoms with E-state index in [9.17, 15) is 19.7 Å². The third kappa shape index (κ3) is 7.64. The molecule has 1 N–H and O–H groups in total. The molecule has 0 fully saturated rings. The highest BCUT2D eigenvalue weighted by molar-refractivity contribution is 6.30. The van der Waals surface area contributed by atoms with Crippen molar-refractivity contribution in [3.8, 4) is 11.5 Å². The number of carbonyl (C=O) groups excluding carboxylic acids is 2. The third-order valence-corrected chi connectivity index (χ3v) is 5.08. The Kier molecular flexibility index (Phi) is 9.47. The number of ether oxygens (including phenoxy) is 2. The van der Waals surface area contributed by atoms with E-state index in [1.807, 2.05) is 13.8 Å². The number of halogens is 1. The summed E-state index contributed by atoms with van der Waals surface area (Å²) >= 11 is 5.95. The molecule has 2 rings (SSSR count). The zero-order chi connectivity index (χ0) is 24.5. The average Bonchev–Trinajstić information content (AvgIpc) is 2.79. The first kappa shape index (κ1) is 25.9. The van der Waals surface area contributed by atoms with Crippen LogP contribution in [0, 0.1) is 16.0 Å². The van der Waals surface area contributed by atoms with Crippen LogP contribution in [0.4, 0.5) is 5.69 Å². The van der Waals surface area contributed by atoms with Crippen molar-refractivity contribution in [2.45, 2.75) is 33.4 Å². The number of benzene rings is 2. The van der Waals surface area contributed by atoms with Crippen LogP contribution in [0.15, 0.2) is 42.5 Å². The van der Waals surface area contributed by atoms with Gasteiger partial charge in [0.25, 0.3) is 5.91 Å². The smallest absolute Gasteiger partial charge is 0.311 e. The number of nitro benzene ring substituents is 1. The summed E-state index contributed by atoms with van der Waals surface area (Å²) in [4.78, 5) is 37.6. The molecule has 2 amide bonds. The first-order valence-corrected chi connectivity index (χ1v) is 10.8. The number of hydrogen-bond donors (Lipinski definition) is 1. The Balaban J connectivity index is 2.17. The Hall–Kier alpha value is -3.33. The maximum atomic E-state index is 13.1. The molecule has 0 heterocycles. The van der Waals surface area contributed by atoms with E-state index in [0.29, 0.717) is 11.6 Å². The molecule has 33 heavy (non-hydrogen) atoms. The topological polar surface area (TPSA) is 111 Å². The van der Waals surface area contributed by atoms with Gasteiger partial charge in [0.2, 0.25) is 11.7 Å². The van der Waals surface area contributed by atoms with Gasteiger partial charge in [-0.15, -0.1) is 0 Å². The minimum Gasteiger partial charge on any atom is -0.490 e. The second-order valence-corrected chi connectivity index (χ2v) is 8.28. The van der Waals surface area contributed by atoms with Crippen molar-refractivity contribution in [2.75, 3.05) is 20.3 Å². The van der Waals surface area contributed by atoms with E-state index < -0.39 is 16.9 Å². The van der Waals surface area contributed by atoms with Crippen LogP contribution in [-0.4, -0.2) is 47.9 Å². The number of nitro groups is 1. The number of nitrogens with zero attached hydrogens (tertiary/aromatic N) is 2. The van der Waals surface area contributed by atoms with E-state index in [-0.39, 0.29) is 42.2 Å². The van der Waals surface area contributed by atoms with E-state index in [0.717, 1.165) is 5.56 Å². The van der Waals surface area contributed by atoms with Gasteiger partial charge in [0.05, 0.1) is 12.0 Å². The number of methoxy groups -OCH3 is 1. The Morgan fingerprint density at radius 1 is 1.15 bits per heavy atom. The Labute approximate surface area is 197 Å². The number of rotatable bonds is 11. The number of nitrogens with one attached hydrogen (secondary N) is 1. The fourth-order valence-corrected chi connectivity index (χ4v) is 3.07. The van der Waals surface area contributed by atoms with Crippen LogP contribution in [0.25, 0.3) is 0 Å². The van der Waals surface area contributed by atoms with Crippen molar-refractivity contribution in [2.24, 2.45) is 5.92 Å². The molecule has 2 aromatic carbocycles. The quantitative estimate of drug-likeness (QED) is 0.389. The van der Waals surface area contributed by atoms with Gasteiger partial charge >= 0.3 is 5.69 Å². The van der Waals surface area contributed by atoms with Crippen molar-refractivity contribution in [1.82, 2.24) is 10.2 Å². The lowest BCUT2D eigenvalue weighted by Crippen LogP contribution is -2.49. The maximum Gasteiger partial charge on any atom is 0.311 e.